The van der Waals surface area contributed by atoms with Crippen molar-refractivity contribution >= 4 is 15.2 Å². The van der Waals surface area contributed by atoms with E-state index in [1.54, 1.807) is 0 Å². The van der Waals surface area contributed by atoms with Crippen molar-refractivity contribution in [2.45, 2.75) is 149 Å². The molecule has 0 bridgehead atoms. The maximum atomic E-state index is 10.4. The highest BCUT2D eigenvalue weighted by atomic mass is 31.0. The molecule has 0 rings (SSSR count). The van der Waals surface area contributed by atoms with E-state index in [-0.39, 0.29) is 5.92 Å². The number of hydrogen-bond acceptors (Lipinski definition) is 1. The van der Waals surface area contributed by atoms with Crippen LogP contribution in [0.3, 0.4) is 0 Å². The van der Waals surface area contributed by atoms with Crippen molar-refractivity contribution in [1.29, 1.82) is 0 Å². The summed E-state index contributed by atoms with van der Waals surface area (Å²) in [7, 11) is 3.32. The Bertz CT molecular complexity index is 341. The molecule has 0 heterocycles. The summed E-state index contributed by atoms with van der Waals surface area (Å²) < 4.78 is 0. The first-order chi connectivity index (χ1) is 13.9. The fourth-order valence-corrected chi connectivity index (χ4v) is 4.86. The summed E-state index contributed by atoms with van der Waals surface area (Å²) in [4.78, 5) is 10.4. The molecule has 0 saturated heterocycles. The van der Waals surface area contributed by atoms with Gasteiger partial charge in [0.2, 0.25) is 0 Å². The van der Waals surface area contributed by atoms with Gasteiger partial charge in [0.15, 0.2) is 0 Å². The second-order valence-electron chi connectivity index (χ2n) is 9.01. The van der Waals surface area contributed by atoms with Gasteiger partial charge in [0.05, 0.1) is 5.92 Å². The molecular formula is C26H55O2P. The van der Waals surface area contributed by atoms with Gasteiger partial charge in [-0.25, -0.2) is 0 Å². The average molecular weight is 431 g/mol. The van der Waals surface area contributed by atoms with Crippen LogP contribution in [-0.2, 0) is 4.79 Å². The van der Waals surface area contributed by atoms with Crippen LogP contribution in [0.25, 0.3) is 0 Å². The van der Waals surface area contributed by atoms with Gasteiger partial charge in [-0.1, -0.05) is 106 Å². The number of carbonyl (C=O) groups is 1. The molecule has 1 N–H and O–H groups in total. The van der Waals surface area contributed by atoms with Crippen molar-refractivity contribution in [3.8, 4) is 0 Å². The lowest BCUT2D eigenvalue weighted by atomic mass is 9.77. The molecular weight excluding hydrogens is 375 g/mol. The Hall–Kier alpha value is -0.100. The van der Waals surface area contributed by atoms with Gasteiger partial charge in [0, 0.05) is 0 Å². The first kappa shape index (κ1) is 31.1. The van der Waals surface area contributed by atoms with Gasteiger partial charge in [0.1, 0.15) is 0 Å². The Labute approximate surface area is 186 Å². The highest BCUT2D eigenvalue weighted by Crippen LogP contribution is 2.43. The molecule has 0 aromatic heterocycles. The van der Waals surface area contributed by atoms with E-state index >= 15 is 0 Å². The molecule has 29 heavy (non-hydrogen) atoms. The Morgan fingerprint density at radius 1 is 0.724 bits per heavy atom. The maximum Gasteiger partial charge on any atom is 0.306 e. The molecule has 2 nitrogen and oxygen atoms in total. The van der Waals surface area contributed by atoms with E-state index in [4.69, 9.17) is 5.11 Å². The summed E-state index contributed by atoms with van der Waals surface area (Å²) in [5.74, 6) is 0.186. The minimum atomic E-state index is -0.643. The molecule has 0 aromatic rings. The predicted molar refractivity (Wildman–Crippen MR) is 135 cm³/mol. The zero-order chi connectivity index (χ0) is 22.5. The lowest BCUT2D eigenvalue weighted by molar-refractivity contribution is -0.142. The SMILES string of the molecule is CCCCC(CC)C(=O)O.CCCCC(CCCC)C(P)(CCCC)CCCC. The molecule has 0 aliphatic heterocycles. The quantitative estimate of drug-likeness (QED) is 0.220. The molecule has 3 heteroatoms. The highest BCUT2D eigenvalue weighted by molar-refractivity contribution is 7.19. The number of unbranched alkanes of at least 4 members (excludes halogenated alkanes) is 5. The minimum absolute atomic E-state index is 0.111. The number of hydrogen-bond donors (Lipinski definition) is 1. The molecule has 0 fully saturated rings. The van der Waals surface area contributed by atoms with Crippen LogP contribution in [0.15, 0.2) is 0 Å². The largest absolute Gasteiger partial charge is 0.481 e. The number of aliphatic carboxylic acids is 1. The molecule has 2 unspecified atom stereocenters. The Balaban J connectivity index is 0. The summed E-state index contributed by atoms with van der Waals surface area (Å²) in [6.07, 6.45) is 20.5. The van der Waals surface area contributed by atoms with Crippen LogP contribution < -0.4 is 0 Å². The van der Waals surface area contributed by atoms with Crippen LogP contribution in [0.2, 0.25) is 0 Å². The third-order valence-corrected chi connectivity index (χ3v) is 7.41. The lowest BCUT2D eigenvalue weighted by Gasteiger charge is -2.38. The Morgan fingerprint density at radius 3 is 1.41 bits per heavy atom. The van der Waals surface area contributed by atoms with Gasteiger partial charge >= 0.3 is 5.97 Å². The molecule has 2 atom stereocenters. The fraction of sp³-hybridized carbons (Fsp3) is 0.962. The van der Waals surface area contributed by atoms with E-state index in [0.29, 0.717) is 5.16 Å². The highest BCUT2D eigenvalue weighted by Gasteiger charge is 2.32. The first-order valence-electron chi connectivity index (χ1n) is 12.9. The van der Waals surface area contributed by atoms with Crippen molar-refractivity contribution < 1.29 is 9.90 Å². The third-order valence-electron chi connectivity index (χ3n) is 6.37. The van der Waals surface area contributed by atoms with E-state index in [9.17, 15) is 4.79 Å². The van der Waals surface area contributed by atoms with Gasteiger partial charge < -0.3 is 5.11 Å². The molecule has 0 radical (unpaired) electrons. The van der Waals surface area contributed by atoms with Gasteiger partial charge in [-0.3, -0.25) is 4.79 Å². The molecule has 176 valence electrons. The first-order valence-corrected chi connectivity index (χ1v) is 13.5. The Kier molecular flexibility index (Phi) is 22.7. The normalized spacial score (nSPS) is 12.6. The Morgan fingerprint density at radius 2 is 1.10 bits per heavy atom. The second-order valence-corrected chi connectivity index (χ2v) is 10.2. The lowest BCUT2D eigenvalue weighted by Crippen LogP contribution is -2.32. The molecule has 0 aromatic carbocycles. The average Bonchev–Trinajstić information content (AvgIpc) is 2.71. The van der Waals surface area contributed by atoms with Crippen LogP contribution in [0.1, 0.15) is 144 Å². The zero-order valence-electron chi connectivity index (χ0n) is 20.9. The topological polar surface area (TPSA) is 37.3 Å². The third kappa shape index (κ3) is 16.3. The van der Waals surface area contributed by atoms with Crippen molar-refractivity contribution in [2.75, 3.05) is 0 Å². The maximum absolute atomic E-state index is 10.4. The number of carboxylic acids is 1. The van der Waals surface area contributed by atoms with Crippen LogP contribution >= 0.6 is 9.24 Å². The van der Waals surface area contributed by atoms with Gasteiger partial charge in [0.25, 0.3) is 0 Å². The van der Waals surface area contributed by atoms with Crippen molar-refractivity contribution in [2.24, 2.45) is 11.8 Å². The number of carboxylic acid groups (broad SMARTS) is 1. The van der Waals surface area contributed by atoms with E-state index in [0.717, 1.165) is 31.6 Å². The molecule has 0 amide bonds. The van der Waals surface area contributed by atoms with E-state index in [1.165, 1.54) is 77.0 Å². The minimum Gasteiger partial charge on any atom is -0.481 e. The van der Waals surface area contributed by atoms with Crippen LogP contribution in [0.4, 0.5) is 0 Å². The van der Waals surface area contributed by atoms with Crippen molar-refractivity contribution in [3.05, 3.63) is 0 Å². The van der Waals surface area contributed by atoms with E-state index in [1.807, 2.05) is 6.92 Å². The van der Waals surface area contributed by atoms with Gasteiger partial charge in [-0.05, 0) is 49.6 Å². The molecule has 0 saturated carbocycles. The second kappa shape index (κ2) is 21.1. The summed E-state index contributed by atoms with van der Waals surface area (Å²) in [6.45, 7) is 13.3. The van der Waals surface area contributed by atoms with Crippen LogP contribution in [0, 0.1) is 11.8 Å². The summed E-state index contributed by atoms with van der Waals surface area (Å²) in [5, 5.41) is 9.14. The smallest absolute Gasteiger partial charge is 0.306 e. The fourth-order valence-electron chi connectivity index (χ4n) is 4.12. The van der Waals surface area contributed by atoms with Crippen LogP contribution in [-0.4, -0.2) is 16.2 Å². The van der Waals surface area contributed by atoms with Gasteiger partial charge in [-0.15, -0.1) is 9.24 Å². The summed E-state index contributed by atoms with van der Waals surface area (Å²) >= 11 is 0. The standard InChI is InChI=1S/C18H39P.C8H16O2/c1-5-9-13-17(14-10-6-2)18(19,15-11-7-3)16-12-8-4;1-3-5-6-7(4-2)8(9)10/h17H,5-16,19H2,1-4H3;7H,3-6H2,1-2H3,(H,9,10). The molecule has 0 spiro atoms. The van der Waals surface area contributed by atoms with Crippen molar-refractivity contribution in [3.63, 3.8) is 0 Å². The van der Waals surface area contributed by atoms with Crippen molar-refractivity contribution in [1.82, 2.24) is 0 Å². The zero-order valence-corrected chi connectivity index (χ0v) is 22.1. The summed E-state index contributed by atoms with van der Waals surface area (Å²) in [5.41, 5.74) is 0. The number of rotatable bonds is 18. The van der Waals surface area contributed by atoms with Crippen LogP contribution in [0.5, 0.6) is 0 Å². The molecule has 0 aliphatic rings. The van der Waals surface area contributed by atoms with E-state index < -0.39 is 5.97 Å². The monoisotopic (exact) mass is 430 g/mol. The van der Waals surface area contributed by atoms with Gasteiger partial charge in [-0.2, -0.15) is 0 Å². The summed E-state index contributed by atoms with van der Waals surface area (Å²) in [6, 6.07) is 0. The van der Waals surface area contributed by atoms with E-state index in [2.05, 4.69) is 43.9 Å². The molecule has 0 aliphatic carbocycles. The predicted octanol–water partition coefficient (Wildman–Crippen LogP) is 9.26.